The van der Waals surface area contributed by atoms with Crippen LogP contribution in [0, 0.1) is 5.41 Å². The zero-order chi connectivity index (χ0) is 14.0. The van der Waals surface area contributed by atoms with E-state index < -0.39 is 11.4 Å². The molecule has 0 aromatic heterocycles. The zero-order valence-electron chi connectivity index (χ0n) is 11.4. The maximum Gasteiger partial charge on any atom is 0.310 e. The Kier molecular flexibility index (Phi) is 3.45. The molecule has 1 saturated carbocycles. The lowest BCUT2D eigenvalue weighted by atomic mass is 10.0. The predicted octanol–water partition coefficient (Wildman–Crippen LogP) is 2.84. The van der Waals surface area contributed by atoms with Crippen molar-refractivity contribution in [3.63, 3.8) is 0 Å². The minimum absolute atomic E-state index is 0.469. The van der Waals surface area contributed by atoms with Crippen LogP contribution in [0.1, 0.15) is 18.4 Å². The normalized spacial score (nSPS) is 16.2. The van der Waals surface area contributed by atoms with Crippen molar-refractivity contribution >= 4 is 16.7 Å². The first-order valence-corrected chi connectivity index (χ1v) is 7.11. The van der Waals surface area contributed by atoms with Gasteiger partial charge in [0.25, 0.3) is 0 Å². The standard InChI is InChI=1S/C17H19NO2/c19-16(20)17(8-9-17)12-18-10-7-13-5-6-14-3-1-2-4-15(14)11-13/h1-6,11,18H,7-10,12H2,(H,19,20). The lowest BCUT2D eigenvalue weighted by Gasteiger charge is -2.11. The van der Waals surface area contributed by atoms with E-state index in [1.807, 2.05) is 12.1 Å². The molecular formula is C17H19NO2. The Morgan fingerprint density at radius 2 is 1.90 bits per heavy atom. The molecule has 2 N–H and O–H groups in total. The Bertz CT molecular complexity index is 632. The van der Waals surface area contributed by atoms with Crippen molar-refractivity contribution in [1.29, 1.82) is 0 Å². The number of carboxylic acid groups (broad SMARTS) is 1. The molecule has 0 bridgehead atoms. The average Bonchev–Trinajstić information content (AvgIpc) is 3.25. The number of fused-ring (bicyclic) bond motifs is 1. The van der Waals surface area contributed by atoms with Crippen molar-refractivity contribution in [2.24, 2.45) is 5.41 Å². The number of hydrogen-bond donors (Lipinski definition) is 2. The molecular weight excluding hydrogens is 250 g/mol. The van der Waals surface area contributed by atoms with E-state index in [1.165, 1.54) is 16.3 Å². The molecule has 1 aliphatic carbocycles. The van der Waals surface area contributed by atoms with E-state index in [0.29, 0.717) is 6.54 Å². The molecule has 0 heterocycles. The summed E-state index contributed by atoms with van der Waals surface area (Å²) in [6.45, 7) is 1.42. The Balaban J connectivity index is 1.54. The third-order valence-electron chi connectivity index (χ3n) is 4.17. The first-order valence-electron chi connectivity index (χ1n) is 7.11. The summed E-state index contributed by atoms with van der Waals surface area (Å²) in [7, 11) is 0. The maximum atomic E-state index is 11.1. The van der Waals surface area contributed by atoms with Crippen LogP contribution in [0.2, 0.25) is 0 Å². The molecule has 3 rings (SSSR count). The first kappa shape index (κ1) is 13.1. The van der Waals surface area contributed by atoms with Gasteiger partial charge < -0.3 is 10.4 Å². The minimum Gasteiger partial charge on any atom is -0.481 e. The Labute approximate surface area is 118 Å². The molecule has 0 spiro atoms. The van der Waals surface area contributed by atoms with Gasteiger partial charge in [0.2, 0.25) is 0 Å². The lowest BCUT2D eigenvalue weighted by Crippen LogP contribution is -2.31. The van der Waals surface area contributed by atoms with Gasteiger partial charge in [0.1, 0.15) is 0 Å². The van der Waals surface area contributed by atoms with Gasteiger partial charge in [-0.1, -0.05) is 42.5 Å². The Morgan fingerprint density at radius 3 is 2.60 bits per heavy atom. The van der Waals surface area contributed by atoms with Crippen molar-refractivity contribution in [3.05, 3.63) is 48.0 Å². The molecule has 2 aromatic rings. The highest BCUT2D eigenvalue weighted by Gasteiger charge is 2.49. The number of benzene rings is 2. The Morgan fingerprint density at radius 1 is 1.15 bits per heavy atom. The van der Waals surface area contributed by atoms with Gasteiger partial charge >= 0.3 is 5.97 Å². The summed E-state index contributed by atoms with van der Waals surface area (Å²) in [4.78, 5) is 11.1. The molecule has 3 nitrogen and oxygen atoms in total. The summed E-state index contributed by atoms with van der Waals surface area (Å²) in [6, 6.07) is 14.8. The van der Waals surface area contributed by atoms with E-state index in [0.717, 1.165) is 25.8 Å². The number of nitrogens with one attached hydrogen (secondary N) is 1. The van der Waals surface area contributed by atoms with Gasteiger partial charge in [-0.25, -0.2) is 0 Å². The molecule has 0 saturated heterocycles. The number of rotatable bonds is 6. The van der Waals surface area contributed by atoms with Crippen LogP contribution in [0.4, 0.5) is 0 Å². The van der Waals surface area contributed by atoms with Crippen LogP contribution in [-0.2, 0) is 11.2 Å². The van der Waals surface area contributed by atoms with Crippen LogP contribution in [0.5, 0.6) is 0 Å². The van der Waals surface area contributed by atoms with Gasteiger partial charge in [-0.3, -0.25) is 4.79 Å². The molecule has 3 heteroatoms. The van der Waals surface area contributed by atoms with Gasteiger partial charge in [0.05, 0.1) is 5.41 Å². The molecule has 1 fully saturated rings. The topological polar surface area (TPSA) is 49.3 Å². The molecule has 0 radical (unpaired) electrons. The van der Waals surface area contributed by atoms with Crippen LogP contribution in [0.3, 0.4) is 0 Å². The summed E-state index contributed by atoms with van der Waals surface area (Å²) >= 11 is 0. The van der Waals surface area contributed by atoms with Crippen molar-refractivity contribution < 1.29 is 9.90 Å². The summed E-state index contributed by atoms with van der Waals surface area (Å²) in [5, 5.41) is 14.9. The number of carboxylic acids is 1. The van der Waals surface area contributed by atoms with E-state index in [2.05, 4.69) is 35.6 Å². The number of aliphatic carboxylic acids is 1. The van der Waals surface area contributed by atoms with Crippen LogP contribution in [0.15, 0.2) is 42.5 Å². The quantitative estimate of drug-likeness (QED) is 0.793. The van der Waals surface area contributed by atoms with Gasteiger partial charge in [-0.15, -0.1) is 0 Å². The fourth-order valence-corrected chi connectivity index (χ4v) is 2.57. The third kappa shape index (κ3) is 2.68. The van der Waals surface area contributed by atoms with Crippen LogP contribution < -0.4 is 5.32 Å². The largest absolute Gasteiger partial charge is 0.481 e. The van der Waals surface area contributed by atoms with Gasteiger partial charge in [0.15, 0.2) is 0 Å². The lowest BCUT2D eigenvalue weighted by molar-refractivity contribution is -0.143. The fourth-order valence-electron chi connectivity index (χ4n) is 2.57. The van der Waals surface area contributed by atoms with Crippen LogP contribution in [-0.4, -0.2) is 24.2 Å². The smallest absolute Gasteiger partial charge is 0.310 e. The summed E-state index contributed by atoms with van der Waals surface area (Å²) in [6.07, 6.45) is 2.55. The summed E-state index contributed by atoms with van der Waals surface area (Å²) in [5.74, 6) is -0.657. The van der Waals surface area contributed by atoms with Crippen molar-refractivity contribution in [1.82, 2.24) is 5.32 Å². The van der Waals surface area contributed by atoms with Crippen molar-refractivity contribution in [2.45, 2.75) is 19.3 Å². The monoisotopic (exact) mass is 269 g/mol. The minimum atomic E-state index is -0.657. The maximum absolute atomic E-state index is 11.1. The van der Waals surface area contributed by atoms with Crippen LogP contribution in [0.25, 0.3) is 10.8 Å². The second-order valence-electron chi connectivity index (χ2n) is 5.69. The second-order valence-corrected chi connectivity index (χ2v) is 5.69. The second kappa shape index (κ2) is 5.25. The van der Waals surface area contributed by atoms with Crippen molar-refractivity contribution in [3.8, 4) is 0 Å². The van der Waals surface area contributed by atoms with E-state index in [1.54, 1.807) is 0 Å². The highest BCUT2D eigenvalue weighted by molar-refractivity contribution is 5.83. The van der Waals surface area contributed by atoms with Crippen molar-refractivity contribution in [2.75, 3.05) is 13.1 Å². The Hall–Kier alpha value is -1.87. The van der Waals surface area contributed by atoms with E-state index in [4.69, 9.17) is 5.11 Å². The molecule has 104 valence electrons. The van der Waals surface area contributed by atoms with Crippen LogP contribution >= 0.6 is 0 Å². The highest BCUT2D eigenvalue weighted by atomic mass is 16.4. The average molecular weight is 269 g/mol. The molecule has 1 aliphatic rings. The van der Waals surface area contributed by atoms with Gasteiger partial charge in [0, 0.05) is 6.54 Å². The zero-order valence-corrected chi connectivity index (χ0v) is 11.4. The summed E-state index contributed by atoms with van der Waals surface area (Å²) in [5.41, 5.74) is 0.819. The molecule has 20 heavy (non-hydrogen) atoms. The SMILES string of the molecule is O=C(O)C1(CNCCc2ccc3ccccc3c2)CC1. The highest BCUT2D eigenvalue weighted by Crippen LogP contribution is 2.45. The van der Waals surface area contributed by atoms with Gasteiger partial charge in [-0.2, -0.15) is 0 Å². The molecule has 0 atom stereocenters. The molecule has 0 aliphatic heterocycles. The predicted molar refractivity (Wildman–Crippen MR) is 79.8 cm³/mol. The van der Waals surface area contributed by atoms with E-state index >= 15 is 0 Å². The first-order chi connectivity index (χ1) is 9.70. The third-order valence-corrected chi connectivity index (χ3v) is 4.17. The van der Waals surface area contributed by atoms with Gasteiger partial charge in [-0.05, 0) is 42.1 Å². The number of hydrogen-bond acceptors (Lipinski definition) is 2. The fraction of sp³-hybridized carbons (Fsp3) is 0.353. The summed E-state index contributed by atoms with van der Waals surface area (Å²) < 4.78 is 0. The van der Waals surface area contributed by atoms with E-state index in [9.17, 15) is 4.79 Å². The molecule has 0 amide bonds. The molecule has 2 aromatic carbocycles. The number of carbonyl (C=O) groups is 1. The molecule has 0 unspecified atom stereocenters. The van der Waals surface area contributed by atoms with E-state index in [-0.39, 0.29) is 0 Å².